The molecule has 0 bridgehead atoms. The van der Waals surface area contributed by atoms with E-state index in [9.17, 15) is 9.59 Å². The summed E-state index contributed by atoms with van der Waals surface area (Å²) in [6.45, 7) is 2.14. The lowest BCUT2D eigenvalue weighted by Crippen LogP contribution is -2.13. The van der Waals surface area contributed by atoms with Gasteiger partial charge in [0.25, 0.3) is 0 Å². The molecular weight excluding hydrogens is 206 g/mol. The van der Waals surface area contributed by atoms with Crippen LogP contribution in [0.2, 0.25) is 0 Å². The van der Waals surface area contributed by atoms with Gasteiger partial charge in [0.15, 0.2) is 5.78 Å². The zero-order chi connectivity index (χ0) is 12.0. The van der Waals surface area contributed by atoms with Crippen molar-refractivity contribution in [3.63, 3.8) is 0 Å². The number of hydrogen-bond donors (Lipinski definition) is 1. The van der Waals surface area contributed by atoms with Crippen molar-refractivity contribution in [1.29, 1.82) is 0 Å². The molecule has 0 radical (unpaired) electrons. The maximum Gasteiger partial charge on any atom is 0.310 e. The van der Waals surface area contributed by atoms with Gasteiger partial charge in [0.05, 0.1) is 19.6 Å². The maximum absolute atomic E-state index is 11.2. The highest BCUT2D eigenvalue weighted by Crippen LogP contribution is 2.06. The van der Waals surface area contributed by atoms with Gasteiger partial charge in [-0.3, -0.25) is 9.59 Å². The summed E-state index contributed by atoms with van der Waals surface area (Å²) in [7, 11) is 0. The molecule has 0 heterocycles. The predicted octanol–water partition coefficient (Wildman–Crippen LogP) is 0.934. The van der Waals surface area contributed by atoms with E-state index in [1.807, 2.05) is 0 Å². The number of Topliss-reactive ketones (excluding diaryl/α,β-unsaturated/α-hetero) is 1. The average molecular weight is 221 g/mol. The molecule has 1 rings (SSSR count). The highest BCUT2D eigenvalue weighted by molar-refractivity contribution is 5.97. The van der Waals surface area contributed by atoms with E-state index in [1.165, 1.54) is 0 Å². The van der Waals surface area contributed by atoms with Crippen LogP contribution >= 0.6 is 0 Å². The third-order valence-electron chi connectivity index (χ3n) is 2.12. The van der Waals surface area contributed by atoms with Gasteiger partial charge in [0, 0.05) is 5.56 Å². The van der Waals surface area contributed by atoms with Gasteiger partial charge in [-0.2, -0.15) is 0 Å². The van der Waals surface area contributed by atoms with Crippen LogP contribution in [0.4, 0.5) is 0 Å². The number of carbonyl (C=O) groups excluding carboxylic acids is 2. The second-order valence-corrected chi connectivity index (χ2v) is 3.31. The molecule has 16 heavy (non-hydrogen) atoms. The van der Waals surface area contributed by atoms with Crippen LogP contribution < -0.4 is 5.73 Å². The zero-order valence-electron chi connectivity index (χ0n) is 9.23. The Bertz CT molecular complexity index is 370. The molecule has 1 aromatic rings. The van der Waals surface area contributed by atoms with Gasteiger partial charge < -0.3 is 10.5 Å². The molecule has 1 aromatic carbocycles. The number of ketones is 1. The Kier molecular flexibility index (Phi) is 4.66. The number of benzene rings is 1. The van der Waals surface area contributed by atoms with Crippen molar-refractivity contribution in [3.05, 3.63) is 35.4 Å². The Morgan fingerprint density at radius 2 is 1.88 bits per heavy atom. The molecule has 0 saturated carbocycles. The van der Waals surface area contributed by atoms with Crippen molar-refractivity contribution in [3.8, 4) is 0 Å². The van der Waals surface area contributed by atoms with Gasteiger partial charge in [-0.15, -0.1) is 0 Å². The molecule has 0 aliphatic carbocycles. The standard InChI is InChI=1S/C12H15NO3/c1-2-16-12(15)7-9-3-5-10(6-4-9)11(14)8-13/h3-6H,2,7-8,13H2,1H3. The molecule has 0 saturated heterocycles. The summed E-state index contributed by atoms with van der Waals surface area (Å²) in [4.78, 5) is 22.4. The molecular formula is C12H15NO3. The van der Waals surface area contributed by atoms with E-state index in [0.717, 1.165) is 5.56 Å². The van der Waals surface area contributed by atoms with Crippen molar-refractivity contribution in [2.24, 2.45) is 5.73 Å². The number of carbonyl (C=O) groups is 2. The first-order valence-corrected chi connectivity index (χ1v) is 5.15. The van der Waals surface area contributed by atoms with E-state index in [0.29, 0.717) is 12.2 Å². The second kappa shape index (κ2) is 6.02. The van der Waals surface area contributed by atoms with E-state index in [-0.39, 0.29) is 24.7 Å². The summed E-state index contributed by atoms with van der Waals surface area (Å²) in [6, 6.07) is 6.81. The molecule has 4 heteroatoms. The van der Waals surface area contributed by atoms with Crippen LogP contribution in [0, 0.1) is 0 Å². The number of nitrogens with two attached hydrogens (primary N) is 1. The zero-order valence-corrected chi connectivity index (χ0v) is 9.23. The minimum atomic E-state index is -0.264. The molecule has 0 aromatic heterocycles. The Hall–Kier alpha value is -1.68. The molecule has 86 valence electrons. The summed E-state index contributed by atoms with van der Waals surface area (Å²) >= 11 is 0. The quantitative estimate of drug-likeness (QED) is 0.593. The van der Waals surface area contributed by atoms with Gasteiger partial charge in [0.1, 0.15) is 0 Å². The van der Waals surface area contributed by atoms with Crippen LogP contribution in [-0.4, -0.2) is 24.9 Å². The first-order chi connectivity index (χ1) is 7.67. The third-order valence-corrected chi connectivity index (χ3v) is 2.12. The highest BCUT2D eigenvalue weighted by atomic mass is 16.5. The lowest BCUT2D eigenvalue weighted by molar-refractivity contribution is -0.142. The Morgan fingerprint density at radius 1 is 1.25 bits per heavy atom. The average Bonchev–Trinajstić information content (AvgIpc) is 2.29. The second-order valence-electron chi connectivity index (χ2n) is 3.31. The van der Waals surface area contributed by atoms with Gasteiger partial charge in [0.2, 0.25) is 0 Å². The topological polar surface area (TPSA) is 69.4 Å². The maximum atomic E-state index is 11.2. The highest BCUT2D eigenvalue weighted by Gasteiger charge is 2.06. The van der Waals surface area contributed by atoms with Crippen LogP contribution in [0.3, 0.4) is 0 Å². The van der Waals surface area contributed by atoms with E-state index in [4.69, 9.17) is 10.5 Å². The minimum absolute atomic E-state index is 0.00275. The minimum Gasteiger partial charge on any atom is -0.466 e. The molecule has 0 fully saturated rings. The van der Waals surface area contributed by atoms with Crippen LogP contribution in [0.5, 0.6) is 0 Å². The summed E-state index contributed by atoms with van der Waals surface area (Å²) in [5, 5.41) is 0. The Labute approximate surface area is 94.4 Å². The van der Waals surface area contributed by atoms with Crippen LogP contribution in [0.1, 0.15) is 22.8 Å². The monoisotopic (exact) mass is 221 g/mol. The Morgan fingerprint density at radius 3 is 2.38 bits per heavy atom. The normalized spacial score (nSPS) is 9.88. The molecule has 0 aliphatic rings. The van der Waals surface area contributed by atoms with Crippen molar-refractivity contribution >= 4 is 11.8 Å². The number of rotatable bonds is 5. The number of hydrogen-bond acceptors (Lipinski definition) is 4. The fourth-order valence-corrected chi connectivity index (χ4v) is 1.31. The molecule has 0 atom stereocenters. The first kappa shape index (κ1) is 12.4. The SMILES string of the molecule is CCOC(=O)Cc1ccc(C(=O)CN)cc1. The summed E-state index contributed by atoms with van der Waals surface area (Å²) < 4.78 is 4.82. The number of ether oxygens (including phenoxy) is 1. The van der Waals surface area contributed by atoms with Crippen molar-refractivity contribution in [2.45, 2.75) is 13.3 Å². The van der Waals surface area contributed by atoms with Gasteiger partial charge in [-0.05, 0) is 12.5 Å². The number of esters is 1. The van der Waals surface area contributed by atoms with Gasteiger partial charge >= 0.3 is 5.97 Å². The molecule has 0 amide bonds. The lowest BCUT2D eigenvalue weighted by Gasteiger charge is -2.03. The van der Waals surface area contributed by atoms with Crippen molar-refractivity contribution in [2.75, 3.05) is 13.2 Å². The van der Waals surface area contributed by atoms with Crippen LogP contribution in [0.15, 0.2) is 24.3 Å². The molecule has 0 unspecified atom stereocenters. The summed E-state index contributed by atoms with van der Waals surface area (Å²) in [5.74, 6) is -0.372. The van der Waals surface area contributed by atoms with Gasteiger partial charge in [-0.1, -0.05) is 24.3 Å². The molecule has 0 spiro atoms. The molecule has 2 N–H and O–H groups in total. The molecule has 0 aliphatic heterocycles. The summed E-state index contributed by atoms with van der Waals surface area (Å²) in [6.07, 6.45) is 0.227. The third kappa shape index (κ3) is 3.47. The predicted molar refractivity (Wildman–Crippen MR) is 60.2 cm³/mol. The van der Waals surface area contributed by atoms with Gasteiger partial charge in [-0.25, -0.2) is 0 Å². The van der Waals surface area contributed by atoms with Crippen LogP contribution in [-0.2, 0) is 16.0 Å². The Balaban J connectivity index is 2.64. The fraction of sp³-hybridized carbons (Fsp3) is 0.333. The van der Waals surface area contributed by atoms with E-state index in [1.54, 1.807) is 31.2 Å². The first-order valence-electron chi connectivity index (χ1n) is 5.15. The van der Waals surface area contributed by atoms with Crippen molar-refractivity contribution in [1.82, 2.24) is 0 Å². The fourth-order valence-electron chi connectivity index (χ4n) is 1.31. The van der Waals surface area contributed by atoms with Crippen molar-refractivity contribution < 1.29 is 14.3 Å². The smallest absolute Gasteiger partial charge is 0.310 e. The van der Waals surface area contributed by atoms with E-state index in [2.05, 4.69) is 0 Å². The van der Waals surface area contributed by atoms with Crippen LogP contribution in [0.25, 0.3) is 0 Å². The largest absolute Gasteiger partial charge is 0.466 e. The summed E-state index contributed by atoms with van der Waals surface area (Å²) in [5.41, 5.74) is 6.63. The van der Waals surface area contributed by atoms with E-state index >= 15 is 0 Å². The van der Waals surface area contributed by atoms with E-state index < -0.39 is 0 Å². The lowest BCUT2D eigenvalue weighted by atomic mass is 10.1. The molecule has 4 nitrogen and oxygen atoms in total.